The number of rotatable bonds is 4. The smallest absolute Gasteiger partial charge is 0.257 e. The maximum absolute atomic E-state index is 13.3. The standard InChI is InChI=1S/C26H35N3O5/c1-17-14-28(3)18(2)16-34-23-13-20(27-25(30)19-7-10-21(32-5)11-8-19)9-12-22(23)26(31)29(4)15-24(17)33-6/h7-13,17-18,24H,14-16H2,1-6H3,(H,27,30)/t17-,18-,24-/m1/s1. The van der Waals surface area contributed by atoms with Crippen LogP contribution in [0.15, 0.2) is 42.5 Å². The highest BCUT2D eigenvalue weighted by Crippen LogP contribution is 2.27. The third-order valence-electron chi connectivity index (χ3n) is 6.37. The molecule has 1 N–H and O–H groups in total. The van der Waals surface area contributed by atoms with Gasteiger partial charge in [-0.15, -0.1) is 0 Å². The largest absolute Gasteiger partial charge is 0.497 e. The Kier molecular flexibility index (Phi) is 8.52. The van der Waals surface area contributed by atoms with Gasteiger partial charge in [0.15, 0.2) is 0 Å². The molecule has 2 aromatic carbocycles. The van der Waals surface area contributed by atoms with E-state index in [0.29, 0.717) is 41.5 Å². The van der Waals surface area contributed by atoms with Gasteiger partial charge in [0.1, 0.15) is 18.1 Å². The molecule has 0 fully saturated rings. The quantitative estimate of drug-likeness (QED) is 0.740. The van der Waals surface area contributed by atoms with Gasteiger partial charge in [0.25, 0.3) is 11.8 Å². The molecule has 0 bridgehead atoms. The van der Waals surface area contributed by atoms with Crippen LogP contribution in [0.2, 0.25) is 0 Å². The van der Waals surface area contributed by atoms with Gasteiger partial charge in [0.2, 0.25) is 0 Å². The topological polar surface area (TPSA) is 80.3 Å². The molecule has 184 valence electrons. The number of fused-ring (bicyclic) bond motifs is 1. The average molecular weight is 470 g/mol. The molecule has 0 aliphatic carbocycles. The Bertz CT molecular complexity index is 994. The lowest BCUT2D eigenvalue weighted by atomic mass is 10.0. The van der Waals surface area contributed by atoms with E-state index >= 15 is 0 Å². The van der Waals surface area contributed by atoms with Crippen molar-refractivity contribution in [3.63, 3.8) is 0 Å². The fourth-order valence-electron chi connectivity index (χ4n) is 3.98. The Morgan fingerprint density at radius 3 is 2.41 bits per heavy atom. The van der Waals surface area contributed by atoms with E-state index in [1.165, 1.54) is 0 Å². The summed E-state index contributed by atoms with van der Waals surface area (Å²) < 4.78 is 17.0. The molecule has 1 aliphatic rings. The summed E-state index contributed by atoms with van der Waals surface area (Å²) in [6.07, 6.45) is -0.0875. The summed E-state index contributed by atoms with van der Waals surface area (Å²) >= 11 is 0. The van der Waals surface area contributed by atoms with Crippen molar-refractivity contribution in [1.29, 1.82) is 0 Å². The second-order valence-electron chi connectivity index (χ2n) is 8.93. The summed E-state index contributed by atoms with van der Waals surface area (Å²) in [5.41, 5.74) is 1.50. The number of anilines is 1. The molecule has 1 aliphatic heterocycles. The van der Waals surface area contributed by atoms with E-state index in [4.69, 9.17) is 14.2 Å². The lowest BCUT2D eigenvalue weighted by Gasteiger charge is -2.34. The molecule has 0 spiro atoms. The van der Waals surface area contributed by atoms with Crippen molar-refractivity contribution in [3.8, 4) is 11.5 Å². The van der Waals surface area contributed by atoms with Crippen molar-refractivity contribution in [2.45, 2.75) is 26.0 Å². The molecule has 1 heterocycles. The Morgan fingerprint density at radius 1 is 1.06 bits per heavy atom. The molecule has 0 saturated carbocycles. The highest BCUT2D eigenvalue weighted by Gasteiger charge is 2.27. The first-order valence-electron chi connectivity index (χ1n) is 11.4. The fraction of sp³-hybridized carbons (Fsp3) is 0.462. The second-order valence-corrected chi connectivity index (χ2v) is 8.93. The van der Waals surface area contributed by atoms with Gasteiger partial charge in [-0.1, -0.05) is 6.92 Å². The number of carbonyl (C=O) groups is 2. The van der Waals surface area contributed by atoms with Crippen LogP contribution in [0.3, 0.4) is 0 Å². The third-order valence-corrected chi connectivity index (χ3v) is 6.37. The van der Waals surface area contributed by atoms with E-state index in [2.05, 4.69) is 31.1 Å². The SMILES string of the molecule is COc1ccc(C(=O)Nc2ccc3c(c2)OC[C@@H](C)N(C)C[C@@H](C)[C@H](OC)CN(C)C3=O)cc1. The molecule has 0 aromatic heterocycles. The minimum Gasteiger partial charge on any atom is -0.497 e. The predicted octanol–water partition coefficient (Wildman–Crippen LogP) is 3.38. The van der Waals surface area contributed by atoms with Crippen molar-refractivity contribution in [2.75, 3.05) is 53.3 Å². The van der Waals surface area contributed by atoms with Crippen molar-refractivity contribution >= 4 is 17.5 Å². The van der Waals surface area contributed by atoms with E-state index in [0.717, 1.165) is 6.54 Å². The molecule has 3 rings (SSSR count). The molecule has 0 unspecified atom stereocenters. The van der Waals surface area contributed by atoms with Crippen LogP contribution in [0.1, 0.15) is 34.6 Å². The van der Waals surface area contributed by atoms with E-state index in [1.54, 1.807) is 68.6 Å². The third kappa shape index (κ3) is 6.07. The molecule has 2 aromatic rings. The van der Waals surface area contributed by atoms with Crippen LogP contribution in [0.5, 0.6) is 11.5 Å². The summed E-state index contributed by atoms with van der Waals surface area (Å²) in [6.45, 7) is 5.90. The van der Waals surface area contributed by atoms with E-state index < -0.39 is 0 Å². The maximum atomic E-state index is 13.3. The van der Waals surface area contributed by atoms with E-state index in [9.17, 15) is 9.59 Å². The number of carbonyl (C=O) groups excluding carboxylic acids is 2. The molecule has 2 amide bonds. The van der Waals surface area contributed by atoms with Gasteiger partial charge in [-0.2, -0.15) is 0 Å². The van der Waals surface area contributed by atoms with Gasteiger partial charge in [-0.3, -0.25) is 14.5 Å². The average Bonchev–Trinajstić information content (AvgIpc) is 2.84. The lowest BCUT2D eigenvalue weighted by Crippen LogP contribution is -2.45. The van der Waals surface area contributed by atoms with Crippen LogP contribution in [-0.2, 0) is 4.74 Å². The van der Waals surface area contributed by atoms with Crippen molar-refractivity contribution in [2.24, 2.45) is 5.92 Å². The Balaban J connectivity index is 1.87. The maximum Gasteiger partial charge on any atom is 0.257 e. The summed E-state index contributed by atoms with van der Waals surface area (Å²) in [4.78, 5) is 29.9. The molecular formula is C26H35N3O5. The first kappa shape index (κ1) is 25.5. The molecule has 34 heavy (non-hydrogen) atoms. The number of methoxy groups -OCH3 is 2. The number of ether oxygens (including phenoxy) is 3. The first-order chi connectivity index (χ1) is 16.2. The predicted molar refractivity (Wildman–Crippen MR) is 132 cm³/mol. The van der Waals surface area contributed by atoms with Gasteiger partial charge in [-0.25, -0.2) is 0 Å². The normalized spacial score (nSPS) is 22.1. The summed E-state index contributed by atoms with van der Waals surface area (Å²) in [5, 5.41) is 2.89. The number of nitrogens with zero attached hydrogens (tertiary/aromatic N) is 2. The van der Waals surface area contributed by atoms with E-state index in [1.807, 2.05) is 0 Å². The minimum atomic E-state index is -0.260. The second kappa shape index (κ2) is 11.4. The van der Waals surface area contributed by atoms with Crippen LogP contribution in [0, 0.1) is 5.92 Å². The zero-order chi connectivity index (χ0) is 24.8. The van der Waals surface area contributed by atoms with Gasteiger partial charge >= 0.3 is 0 Å². The number of benzene rings is 2. The fourth-order valence-corrected chi connectivity index (χ4v) is 3.98. The van der Waals surface area contributed by atoms with Crippen LogP contribution in [-0.4, -0.2) is 81.8 Å². The van der Waals surface area contributed by atoms with Crippen LogP contribution in [0.25, 0.3) is 0 Å². The monoisotopic (exact) mass is 469 g/mol. The molecular weight excluding hydrogens is 434 g/mol. The molecule has 3 atom stereocenters. The number of nitrogens with one attached hydrogen (secondary N) is 1. The zero-order valence-electron chi connectivity index (χ0n) is 20.8. The van der Waals surface area contributed by atoms with Crippen molar-refractivity contribution in [1.82, 2.24) is 9.80 Å². The molecule has 8 nitrogen and oxygen atoms in total. The minimum absolute atomic E-state index is 0.0875. The highest BCUT2D eigenvalue weighted by molar-refractivity contribution is 6.05. The number of likely N-dealkylation sites (N-methyl/N-ethyl adjacent to an activating group) is 2. The first-order valence-corrected chi connectivity index (χ1v) is 11.4. The van der Waals surface area contributed by atoms with Crippen LogP contribution >= 0.6 is 0 Å². The van der Waals surface area contributed by atoms with Crippen LogP contribution in [0.4, 0.5) is 5.69 Å². The zero-order valence-corrected chi connectivity index (χ0v) is 20.8. The van der Waals surface area contributed by atoms with Crippen LogP contribution < -0.4 is 14.8 Å². The Morgan fingerprint density at radius 2 is 1.76 bits per heavy atom. The van der Waals surface area contributed by atoms with Gasteiger partial charge in [-0.05, 0) is 56.3 Å². The number of hydrogen-bond acceptors (Lipinski definition) is 6. The van der Waals surface area contributed by atoms with Gasteiger partial charge < -0.3 is 24.4 Å². The van der Waals surface area contributed by atoms with Crippen molar-refractivity contribution < 1.29 is 23.8 Å². The summed E-state index contributed by atoms with van der Waals surface area (Å²) in [7, 11) is 7.09. The molecule has 8 heteroatoms. The number of hydrogen-bond donors (Lipinski definition) is 1. The van der Waals surface area contributed by atoms with Gasteiger partial charge in [0, 0.05) is 50.6 Å². The molecule has 0 radical (unpaired) electrons. The van der Waals surface area contributed by atoms with E-state index in [-0.39, 0.29) is 29.9 Å². The van der Waals surface area contributed by atoms with Crippen molar-refractivity contribution in [3.05, 3.63) is 53.6 Å². The molecule has 0 saturated heterocycles. The Labute approximate surface area is 201 Å². The lowest BCUT2D eigenvalue weighted by molar-refractivity contribution is 0.0150. The van der Waals surface area contributed by atoms with Gasteiger partial charge in [0.05, 0.1) is 18.8 Å². The summed E-state index contributed by atoms with van der Waals surface area (Å²) in [6, 6.07) is 12.1. The highest BCUT2D eigenvalue weighted by atomic mass is 16.5. The Hall–Kier alpha value is -3.10. The summed E-state index contributed by atoms with van der Waals surface area (Å²) in [5.74, 6) is 0.939. The number of amides is 2.